The van der Waals surface area contributed by atoms with Gasteiger partial charge in [-0.15, -0.1) is 0 Å². The summed E-state index contributed by atoms with van der Waals surface area (Å²) in [6.07, 6.45) is -11.1. The largest absolute Gasteiger partial charge is 0.426 e. The molecule has 0 N–H and O–H groups in total. The average Bonchev–Trinajstić information content (AvgIpc) is 2.24. The summed E-state index contributed by atoms with van der Waals surface area (Å²) >= 11 is 0. The summed E-state index contributed by atoms with van der Waals surface area (Å²) in [6, 6.07) is 7.35. The first-order valence-corrected chi connectivity index (χ1v) is 4.89. The molecule has 0 spiro atoms. The SMILES string of the molecule is CC(OCc1ccccc1)(C(F)(F)F)C(F)(F)F. The van der Waals surface area contributed by atoms with Crippen LogP contribution in [0.4, 0.5) is 26.3 Å². The molecule has 7 heteroatoms. The summed E-state index contributed by atoms with van der Waals surface area (Å²) in [4.78, 5) is 0. The smallest absolute Gasteiger partial charge is 0.353 e. The van der Waals surface area contributed by atoms with Crippen molar-refractivity contribution in [1.29, 1.82) is 0 Å². The van der Waals surface area contributed by atoms with Gasteiger partial charge in [-0.2, -0.15) is 26.3 Å². The molecule has 0 radical (unpaired) electrons. The lowest BCUT2D eigenvalue weighted by Crippen LogP contribution is -2.56. The maximum absolute atomic E-state index is 12.5. The van der Waals surface area contributed by atoms with Gasteiger partial charge in [0, 0.05) is 0 Å². The molecule has 1 rings (SSSR count). The summed E-state index contributed by atoms with van der Waals surface area (Å²) in [5, 5.41) is 0. The second-order valence-electron chi connectivity index (χ2n) is 3.80. The van der Waals surface area contributed by atoms with Crippen molar-refractivity contribution in [2.24, 2.45) is 0 Å². The van der Waals surface area contributed by atoms with Crippen molar-refractivity contribution >= 4 is 0 Å². The summed E-state index contributed by atoms with van der Waals surface area (Å²) < 4.78 is 78.8. The summed E-state index contributed by atoms with van der Waals surface area (Å²) in [6.45, 7) is -0.785. The van der Waals surface area contributed by atoms with Crippen LogP contribution in [0.1, 0.15) is 12.5 Å². The van der Waals surface area contributed by atoms with E-state index in [-0.39, 0.29) is 12.5 Å². The highest BCUT2D eigenvalue weighted by Gasteiger charge is 2.69. The minimum Gasteiger partial charge on any atom is -0.353 e. The Morgan fingerprint density at radius 1 is 0.889 bits per heavy atom. The third-order valence-corrected chi connectivity index (χ3v) is 2.45. The molecule has 0 atom stereocenters. The van der Waals surface area contributed by atoms with Crippen LogP contribution < -0.4 is 0 Å². The van der Waals surface area contributed by atoms with E-state index in [9.17, 15) is 26.3 Å². The van der Waals surface area contributed by atoms with E-state index in [1.54, 1.807) is 6.07 Å². The molecule has 18 heavy (non-hydrogen) atoms. The quantitative estimate of drug-likeness (QED) is 0.753. The molecular formula is C11H10F6O. The molecule has 0 unspecified atom stereocenters. The van der Waals surface area contributed by atoms with Gasteiger partial charge in [-0.1, -0.05) is 30.3 Å². The van der Waals surface area contributed by atoms with Crippen LogP contribution in [-0.2, 0) is 11.3 Å². The summed E-state index contributed by atoms with van der Waals surface area (Å²) in [5.41, 5.74) is -3.94. The number of hydrogen-bond donors (Lipinski definition) is 0. The normalized spacial score (nSPS) is 13.7. The highest BCUT2D eigenvalue weighted by atomic mass is 19.4. The van der Waals surface area contributed by atoms with Crippen LogP contribution in [0.3, 0.4) is 0 Å². The van der Waals surface area contributed by atoms with Crippen LogP contribution in [0.2, 0.25) is 0 Å². The van der Waals surface area contributed by atoms with Crippen molar-refractivity contribution in [3.05, 3.63) is 35.9 Å². The van der Waals surface area contributed by atoms with E-state index in [0.29, 0.717) is 0 Å². The second-order valence-corrected chi connectivity index (χ2v) is 3.80. The lowest BCUT2D eigenvalue weighted by molar-refractivity contribution is -0.377. The van der Waals surface area contributed by atoms with Gasteiger partial charge >= 0.3 is 12.4 Å². The Bertz CT molecular complexity index is 367. The molecule has 0 aliphatic rings. The first kappa shape index (κ1) is 14.8. The molecule has 0 aliphatic heterocycles. The van der Waals surface area contributed by atoms with E-state index in [2.05, 4.69) is 4.74 Å². The van der Waals surface area contributed by atoms with Gasteiger partial charge in [0.25, 0.3) is 5.60 Å². The Morgan fingerprint density at radius 3 is 1.72 bits per heavy atom. The Kier molecular flexibility index (Phi) is 3.95. The fourth-order valence-corrected chi connectivity index (χ4v) is 1.13. The maximum atomic E-state index is 12.5. The van der Waals surface area contributed by atoms with E-state index in [0.717, 1.165) is 0 Å². The first-order chi connectivity index (χ1) is 8.08. The monoisotopic (exact) mass is 272 g/mol. The number of ether oxygens (including phenoxy) is 1. The predicted molar refractivity (Wildman–Crippen MR) is 51.7 cm³/mol. The van der Waals surface area contributed by atoms with Crippen LogP contribution in [0.25, 0.3) is 0 Å². The molecule has 0 heterocycles. The third-order valence-electron chi connectivity index (χ3n) is 2.45. The van der Waals surface area contributed by atoms with Crippen LogP contribution in [0.15, 0.2) is 30.3 Å². The summed E-state index contributed by atoms with van der Waals surface area (Å²) in [5.74, 6) is 0. The molecule has 0 saturated carbocycles. The molecule has 1 aromatic carbocycles. The van der Waals surface area contributed by atoms with Crippen molar-refractivity contribution in [2.75, 3.05) is 0 Å². The zero-order chi connectivity index (χ0) is 14.0. The molecule has 0 fully saturated rings. The van der Waals surface area contributed by atoms with Crippen molar-refractivity contribution in [1.82, 2.24) is 0 Å². The Labute approximate surface area is 99.4 Å². The van der Waals surface area contributed by atoms with Crippen molar-refractivity contribution in [3.63, 3.8) is 0 Å². The van der Waals surface area contributed by atoms with Crippen LogP contribution >= 0.6 is 0 Å². The number of benzene rings is 1. The van der Waals surface area contributed by atoms with E-state index >= 15 is 0 Å². The van der Waals surface area contributed by atoms with Gasteiger partial charge < -0.3 is 4.74 Å². The van der Waals surface area contributed by atoms with E-state index in [1.807, 2.05) is 0 Å². The van der Waals surface area contributed by atoms with Gasteiger partial charge in [-0.3, -0.25) is 0 Å². The molecule has 0 bridgehead atoms. The molecule has 1 nitrogen and oxygen atoms in total. The topological polar surface area (TPSA) is 9.23 Å². The third kappa shape index (κ3) is 2.95. The Hall–Kier alpha value is -1.24. The molecule has 1 aromatic rings. The standard InChI is InChI=1S/C11H10F6O/c1-9(10(12,13)14,11(15,16)17)18-7-8-5-3-2-4-6-8/h2-6H,7H2,1H3. The highest BCUT2D eigenvalue weighted by Crippen LogP contribution is 2.45. The minimum absolute atomic E-state index is 0.0179. The number of rotatable bonds is 3. The van der Waals surface area contributed by atoms with E-state index in [1.165, 1.54) is 24.3 Å². The molecule has 102 valence electrons. The lowest BCUT2D eigenvalue weighted by Gasteiger charge is -2.33. The van der Waals surface area contributed by atoms with Crippen LogP contribution in [0.5, 0.6) is 0 Å². The maximum Gasteiger partial charge on any atom is 0.426 e. The fourth-order valence-electron chi connectivity index (χ4n) is 1.13. The van der Waals surface area contributed by atoms with E-state index < -0.39 is 24.6 Å². The van der Waals surface area contributed by atoms with Crippen molar-refractivity contribution in [2.45, 2.75) is 31.5 Å². The predicted octanol–water partition coefficient (Wildman–Crippen LogP) is 4.09. The van der Waals surface area contributed by atoms with Gasteiger partial charge in [-0.25, -0.2) is 0 Å². The van der Waals surface area contributed by atoms with Crippen LogP contribution in [-0.4, -0.2) is 18.0 Å². The Balaban J connectivity index is 2.89. The lowest BCUT2D eigenvalue weighted by atomic mass is 10.1. The van der Waals surface area contributed by atoms with Crippen molar-refractivity contribution < 1.29 is 31.1 Å². The van der Waals surface area contributed by atoms with Gasteiger partial charge in [0.15, 0.2) is 0 Å². The highest BCUT2D eigenvalue weighted by molar-refractivity contribution is 5.13. The van der Waals surface area contributed by atoms with Crippen molar-refractivity contribution in [3.8, 4) is 0 Å². The molecule has 0 amide bonds. The zero-order valence-electron chi connectivity index (χ0n) is 9.27. The number of halogens is 6. The Morgan fingerprint density at radius 2 is 1.33 bits per heavy atom. The second kappa shape index (κ2) is 4.79. The van der Waals surface area contributed by atoms with Crippen LogP contribution in [0, 0.1) is 0 Å². The van der Waals surface area contributed by atoms with Gasteiger partial charge in [0.05, 0.1) is 6.61 Å². The number of alkyl halides is 6. The van der Waals surface area contributed by atoms with Gasteiger partial charge in [-0.05, 0) is 12.5 Å². The van der Waals surface area contributed by atoms with E-state index in [4.69, 9.17) is 0 Å². The molecule has 0 saturated heterocycles. The molecular weight excluding hydrogens is 262 g/mol. The first-order valence-electron chi connectivity index (χ1n) is 4.89. The zero-order valence-corrected chi connectivity index (χ0v) is 9.27. The minimum atomic E-state index is -5.53. The van der Waals surface area contributed by atoms with Gasteiger partial charge in [0.1, 0.15) is 0 Å². The average molecular weight is 272 g/mol. The molecule has 0 aliphatic carbocycles. The molecule has 0 aromatic heterocycles. The number of hydrogen-bond acceptors (Lipinski definition) is 1. The fraction of sp³-hybridized carbons (Fsp3) is 0.455. The summed E-state index contributed by atoms with van der Waals surface area (Å²) in [7, 11) is 0. The van der Waals surface area contributed by atoms with Gasteiger partial charge in [0.2, 0.25) is 0 Å².